The Labute approximate surface area is 156 Å². The van der Waals surface area contributed by atoms with Gasteiger partial charge in [-0.15, -0.1) is 0 Å². The van der Waals surface area contributed by atoms with E-state index in [0.717, 1.165) is 0 Å². The summed E-state index contributed by atoms with van der Waals surface area (Å²) in [6, 6.07) is 14.0. The number of nitrogens with zero attached hydrogens (tertiary/aromatic N) is 2. The minimum atomic E-state index is -0.418. The SMILES string of the molecule is COc1cc(/C=N/NC(=O)COc2ccccc2OC)ccc1OCC#N. The third kappa shape index (κ3) is 5.93. The minimum absolute atomic E-state index is 0.0773. The Bertz CT molecular complexity index is 845. The fourth-order valence-corrected chi connectivity index (χ4v) is 2.09. The predicted molar refractivity (Wildman–Crippen MR) is 98.3 cm³/mol. The molecule has 8 heteroatoms. The highest BCUT2D eigenvalue weighted by Gasteiger charge is 2.07. The molecule has 1 N–H and O–H groups in total. The fourth-order valence-electron chi connectivity index (χ4n) is 2.09. The van der Waals surface area contributed by atoms with Crippen molar-refractivity contribution >= 4 is 12.1 Å². The molecule has 0 radical (unpaired) electrons. The molecule has 1 amide bonds. The van der Waals surface area contributed by atoms with Crippen molar-refractivity contribution in [1.29, 1.82) is 5.26 Å². The zero-order valence-corrected chi connectivity index (χ0v) is 15.0. The van der Waals surface area contributed by atoms with Gasteiger partial charge in [-0.25, -0.2) is 5.43 Å². The highest BCUT2D eigenvalue weighted by atomic mass is 16.5. The van der Waals surface area contributed by atoms with Gasteiger partial charge in [0.05, 0.1) is 20.4 Å². The van der Waals surface area contributed by atoms with Gasteiger partial charge in [-0.05, 0) is 35.9 Å². The van der Waals surface area contributed by atoms with Gasteiger partial charge in [-0.3, -0.25) is 4.79 Å². The van der Waals surface area contributed by atoms with Crippen LogP contribution in [0.1, 0.15) is 5.56 Å². The molecular weight excluding hydrogens is 350 g/mol. The normalized spacial score (nSPS) is 10.1. The summed E-state index contributed by atoms with van der Waals surface area (Å²) in [5, 5.41) is 12.4. The lowest BCUT2D eigenvalue weighted by atomic mass is 10.2. The van der Waals surface area contributed by atoms with Gasteiger partial charge in [0.25, 0.3) is 5.91 Å². The average Bonchev–Trinajstić information content (AvgIpc) is 2.71. The van der Waals surface area contributed by atoms with Crippen LogP contribution in [0.5, 0.6) is 23.0 Å². The van der Waals surface area contributed by atoms with Crippen LogP contribution in [0.2, 0.25) is 0 Å². The van der Waals surface area contributed by atoms with Gasteiger partial charge in [0.15, 0.2) is 36.2 Å². The maximum Gasteiger partial charge on any atom is 0.277 e. The summed E-state index contributed by atoms with van der Waals surface area (Å²) in [7, 11) is 3.02. The molecule has 0 atom stereocenters. The number of nitriles is 1. The molecule has 2 rings (SSSR count). The van der Waals surface area contributed by atoms with Crippen LogP contribution in [-0.4, -0.2) is 39.6 Å². The van der Waals surface area contributed by atoms with Crippen LogP contribution in [-0.2, 0) is 4.79 Å². The largest absolute Gasteiger partial charge is 0.493 e. The Morgan fingerprint density at radius 1 is 1.07 bits per heavy atom. The van der Waals surface area contributed by atoms with Gasteiger partial charge >= 0.3 is 0 Å². The number of carbonyl (C=O) groups excluding carboxylic acids is 1. The lowest BCUT2D eigenvalue weighted by Gasteiger charge is -2.09. The van der Waals surface area contributed by atoms with E-state index in [0.29, 0.717) is 28.6 Å². The number of para-hydroxylation sites is 2. The Balaban J connectivity index is 1.89. The minimum Gasteiger partial charge on any atom is -0.493 e. The maximum atomic E-state index is 11.8. The number of carbonyl (C=O) groups is 1. The number of ether oxygens (including phenoxy) is 4. The van der Waals surface area contributed by atoms with Crippen molar-refractivity contribution in [3.63, 3.8) is 0 Å². The summed E-state index contributed by atoms with van der Waals surface area (Å²) in [6.45, 7) is -0.284. The van der Waals surface area contributed by atoms with E-state index in [1.807, 2.05) is 6.07 Å². The van der Waals surface area contributed by atoms with Crippen LogP contribution in [0.3, 0.4) is 0 Å². The van der Waals surface area contributed by atoms with Crippen LogP contribution in [0.15, 0.2) is 47.6 Å². The van der Waals surface area contributed by atoms with Crippen molar-refractivity contribution < 1.29 is 23.7 Å². The lowest BCUT2D eigenvalue weighted by molar-refractivity contribution is -0.123. The fraction of sp³-hybridized carbons (Fsp3) is 0.211. The zero-order valence-electron chi connectivity index (χ0n) is 15.0. The second-order valence-corrected chi connectivity index (χ2v) is 5.09. The van der Waals surface area contributed by atoms with Crippen molar-refractivity contribution in [2.75, 3.05) is 27.4 Å². The summed E-state index contributed by atoms with van der Waals surface area (Å²) in [5.74, 6) is 1.50. The molecule has 2 aromatic rings. The van der Waals surface area contributed by atoms with Crippen LogP contribution < -0.4 is 24.4 Å². The Morgan fingerprint density at radius 3 is 2.48 bits per heavy atom. The van der Waals surface area contributed by atoms with Crippen molar-refractivity contribution in [3.05, 3.63) is 48.0 Å². The van der Waals surface area contributed by atoms with Crippen molar-refractivity contribution in [1.82, 2.24) is 5.43 Å². The predicted octanol–water partition coefficient (Wildman–Crippen LogP) is 2.14. The van der Waals surface area contributed by atoms with Crippen LogP contribution >= 0.6 is 0 Å². The monoisotopic (exact) mass is 369 g/mol. The van der Waals surface area contributed by atoms with Crippen LogP contribution in [0.25, 0.3) is 0 Å². The number of hydrogen-bond acceptors (Lipinski definition) is 7. The summed E-state index contributed by atoms with van der Waals surface area (Å²) in [4.78, 5) is 11.8. The molecule has 0 bridgehead atoms. The molecule has 0 saturated carbocycles. The van der Waals surface area contributed by atoms with Crippen molar-refractivity contribution in [2.45, 2.75) is 0 Å². The molecule has 0 saturated heterocycles. The highest BCUT2D eigenvalue weighted by molar-refractivity contribution is 5.83. The quantitative estimate of drug-likeness (QED) is 0.537. The van der Waals surface area contributed by atoms with Gasteiger partial charge in [0, 0.05) is 0 Å². The lowest BCUT2D eigenvalue weighted by Crippen LogP contribution is -2.24. The van der Waals surface area contributed by atoms with E-state index in [4.69, 9.17) is 24.2 Å². The van der Waals surface area contributed by atoms with Gasteiger partial charge in [0.2, 0.25) is 0 Å². The molecule has 27 heavy (non-hydrogen) atoms. The summed E-state index contributed by atoms with van der Waals surface area (Å²) < 4.78 is 21.0. The summed E-state index contributed by atoms with van der Waals surface area (Å²) in [6.07, 6.45) is 1.46. The average molecular weight is 369 g/mol. The van der Waals surface area contributed by atoms with Gasteiger partial charge in [-0.2, -0.15) is 10.4 Å². The molecule has 0 fully saturated rings. The number of amides is 1. The van der Waals surface area contributed by atoms with E-state index in [9.17, 15) is 4.79 Å². The first kappa shape index (κ1) is 19.6. The van der Waals surface area contributed by atoms with E-state index in [2.05, 4.69) is 10.5 Å². The first-order valence-corrected chi connectivity index (χ1v) is 7.93. The molecule has 2 aromatic carbocycles. The molecule has 0 aliphatic carbocycles. The first-order chi connectivity index (χ1) is 13.2. The van der Waals surface area contributed by atoms with E-state index in [-0.39, 0.29) is 13.2 Å². The van der Waals surface area contributed by atoms with Gasteiger partial charge in [-0.1, -0.05) is 12.1 Å². The Morgan fingerprint density at radius 2 is 1.78 bits per heavy atom. The van der Waals surface area contributed by atoms with Gasteiger partial charge < -0.3 is 18.9 Å². The molecular formula is C19H19N3O5. The van der Waals surface area contributed by atoms with E-state index in [1.54, 1.807) is 42.5 Å². The smallest absolute Gasteiger partial charge is 0.277 e. The molecule has 0 aliphatic heterocycles. The van der Waals surface area contributed by atoms with Crippen LogP contribution in [0, 0.1) is 11.3 Å². The first-order valence-electron chi connectivity index (χ1n) is 7.93. The number of methoxy groups -OCH3 is 2. The molecule has 0 aromatic heterocycles. The molecule has 0 spiro atoms. The van der Waals surface area contributed by atoms with Gasteiger partial charge in [0.1, 0.15) is 6.07 Å². The standard InChI is InChI=1S/C19H19N3O5/c1-24-15-5-3-4-6-16(15)27-13-19(23)22-21-12-14-7-8-17(26-10-9-20)18(11-14)25-2/h3-8,11-12H,10,13H2,1-2H3,(H,22,23)/b21-12+. The molecule has 0 unspecified atom stereocenters. The van der Waals surface area contributed by atoms with Crippen molar-refractivity contribution in [2.24, 2.45) is 5.10 Å². The van der Waals surface area contributed by atoms with Crippen LogP contribution in [0.4, 0.5) is 0 Å². The summed E-state index contributed by atoms with van der Waals surface area (Å²) in [5.41, 5.74) is 3.06. The number of hydrogen-bond donors (Lipinski definition) is 1. The third-order valence-electron chi connectivity index (χ3n) is 3.31. The van der Waals surface area contributed by atoms with E-state index < -0.39 is 5.91 Å². The highest BCUT2D eigenvalue weighted by Crippen LogP contribution is 2.27. The number of rotatable bonds is 9. The number of nitrogens with one attached hydrogen (secondary N) is 1. The number of benzene rings is 2. The Hall–Kier alpha value is -3.73. The second-order valence-electron chi connectivity index (χ2n) is 5.09. The molecule has 0 aliphatic rings. The molecule has 8 nitrogen and oxygen atoms in total. The van der Waals surface area contributed by atoms with E-state index in [1.165, 1.54) is 20.4 Å². The zero-order chi connectivity index (χ0) is 19.5. The molecule has 0 heterocycles. The van der Waals surface area contributed by atoms with E-state index >= 15 is 0 Å². The topological polar surface area (TPSA) is 102 Å². The maximum absolute atomic E-state index is 11.8. The molecule has 140 valence electrons. The Kier molecular flexibility index (Phi) is 7.48. The second kappa shape index (κ2) is 10.3. The van der Waals surface area contributed by atoms with Crippen molar-refractivity contribution in [3.8, 4) is 29.1 Å². The third-order valence-corrected chi connectivity index (χ3v) is 3.31. The summed E-state index contributed by atoms with van der Waals surface area (Å²) >= 11 is 0. The number of hydrazone groups is 1.